The van der Waals surface area contributed by atoms with E-state index in [9.17, 15) is 9.59 Å². The second-order valence-corrected chi connectivity index (χ2v) is 5.85. The van der Waals surface area contributed by atoms with Crippen LogP contribution >= 0.6 is 0 Å². The van der Waals surface area contributed by atoms with Gasteiger partial charge in [-0.25, -0.2) is 0 Å². The van der Waals surface area contributed by atoms with E-state index in [1.807, 2.05) is 4.90 Å². The number of nitrogens with one attached hydrogen (secondary N) is 1. The minimum atomic E-state index is -0.780. The summed E-state index contributed by atoms with van der Waals surface area (Å²) in [5.41, 5.74) is 0. The number of amides is 1. The van der Waals surface area contributed by atoms with E-state index in [-0.39, 0.29) is 12.5 Å². The van der Waals surface area contributed by atoms with Crippen molar-refractivity contribution in [3.8, 4) is 0 Å². The Labute approximate surface area is 120 Å². The van der Waals surface area contributed by atoms with Gasteiger partial charge in [0.15, 0.2) is 0 Å². The van der Waals surface area contributed by atoms with E-state index in [2.05, 4.69) is 10.2 Å². The number of hydrogen-bond donors (Lipinski definition) is 2. The van der Waals surface area contributed by atoms with Crippen LogP contribution in [0.5, 0.6) is 0 Å². The summed E-state index contributed by atoms with van der Waals surface area (Å²) < 4.78 is 0. The smallest absolute Gasteiger partial charge is 0.317 e. The van der Waals surface area contributed by atoms with Gasteiger partial charge in [-0.15, -0.1) is 0 Å². The maximum absolute atomic E-state index is 12.0. The van der Waals surface area contributed by atoms with E-state index in [1.165, 1.54) is 12.8 Å². The Kier molecular flexibility index (Phi) is 5.79. The Morgan fingerprint density at radius 1 is 0.950 bits per heavy atom. The predicted octanol–water partition coefficient (Wildman–Crippen LogP) is 0.138. The molecule has 1 heterocycles. The first-order valence-corrected chi connectivity index (χ1v) is 7.59. The topological polar surface area (TPSA) is 72.9 Å². The first kappa shape index (κ1) is 15.3. The summed E-state index contributed by atoms with van der Waals surface area (Å²) in [5, 5.41) is 11.9. The van der Waals surface area contributed by atoms with Crippen molar-refractivity contribution in [3.05, 3.63) is 0 Å². The minimum absolute atomic E-state index is 0.0993. The Morgan fingerprint density at radius 3 is 2.15 bits per heavy atom. The van der Waals surface area contributed by atoms with Crippen molar-refractivity contribution in [2.24, 2.45) is 0 Å². The molecular formula is C14H25N3O3. The number of carboxylic acid groups (broad SMARTS) is 1. The van der Waals surface area contributed by atoms with Gasteiger partial charge in [0, 0.05) is 25.7 Å². The zero-order valence-electron chi connectivity index (χ0n) is 12.0. The van der Waals surface area contributed by atoms with Gasteiger partial charge in [0.25, 0.3) is 0 Å². The third-order valence-corrected chi connectivity index (χ3v) is 4.13. The molecule has 2 aliphatic rings. The van der Waals surface area contributed by atoms with Gasteiger partial charge in [0.05, 0.1) is 13.1 Å². The van der Waals surface area contributed by atoms with Crippen molar-refractivity contribution < 1.29 is 14.7 Å². The van der Waals surface area contributed by atoms with Crippen LogP contribution < -0.4 is 5.32 Å². The van der Waals surface area contributed by atoms with E-state index in [0.717, 1.165) is 45.4 Å². The molecule has 1 aliphatic heterocycles. The molecule has 0 spiro atoms. The van der Waals surface area contributed by atoms with Gasteiger partial charge in [0.1, 0.15) is 0 Å². The summed E-state index contributed by atoms with van der Waals surface area (Å²) in [4.78, 5) is 26.8. The molecule has 114 valence electrons. The summed E-state index contributed by atoms with van der Waals surface area (Å²) in [6, 6.07) is 0.373. The molecule has 1 amide bonds. The van der Waals surface area contributed by atoms with E-state index in [4.69, 9.17) is 5.11 Å². The molecule has 0 bridgehead atoms. The predicted molar refractivity (Wildman–Crippen MR) is 75.5 cm³/mol. The van der Waals surface area contributed by atoms with Crippen LogP contribution in [0.4, 0.5) is 0 Å². The van der Waals surface area contributed by atoms with E-state index in [1.54, 1.807) is 0 Å². The molecule has 0 radical (unpaired) electrons. The van der Waals surface area contributed by atoms with E-state index >= 15 is 0 Å². The molecule has 1 saturated heterocycles. The molecule has 0 aromatic rings. The van der Waals surface area contributed by atoms with Gasteiger partial charge >= 0.3 is 5.97 Å². The van der Waals surface area contributed by atoms with Gasteiger partial charge in [-0.1, -0.05) is 12.8 Å². The van der Waals surface area contributed by atoms with Crippen molar-refractivity contribution in [2.45, 2.75) is 38.1 Å². The summed E-state index contributed by atoms with van der Waals surface area (Å²) >= 11 is 0. The van der Waals surface area contributed by atoms with Gasteiger partial charge < -0.3 is 10.4 Å². The first-order chi connectivity index (χ1) is 9.63. The molecule has 2 N–H and O–H groups in total. The molecule has 0 atom stereocenters. The van der Waals surface area contributed by atoms with Crippen molar-refractivity contribution in [1.82, 2.24) is 15.1 Å². The molecule has 2 rings (SSSR count). The molecule has 2 fully saturated rings. The molecule has 0 aromatic heterocycles. The molecule has 6 nitrogen and oxygen atoms in total. The highest BCUT2D eigenvalue weighted by Gasteiger charge is 2.21. The Bertz CT molecular complexity index is 343. The molecule has 0 unspecified atom stereocenters. The monoisotopic (exact) mass is 283 g/mol. The molecule has 6 heteroatoms. The Balaban J connectivity index is 1.70. The van der Waals surface area contributed by atoms with Crippen LogP contribution in [-0.2, 0) is 9.59 Å². The highest BCUT2D eigenvalue weighted by molar-refractivity contribution is 5.78. The van der Waals surface area contributed by atoms with Crippen LogP contribution in [0.25, 0.3) is 0 Å². The number of hydrogen-bond acceptors (Lipinski definition) is 4. The second kappa shape index (κ2) is 7.59. The van der Waals surface area contributed by atoms with Crippen LogP contribution in [-0.4, -0.2) is 72.1 Å². The number of nitrogens with zero attached hydrogens (tertiary/aromatic N) is 2. The maximum atomic E-state index is 12.0. The fourth-order valence-corrected chi connectivity index (χ4v) is 3.08. The van der Waals surface area contributed by atoms with Crippen LogP contribution in [0.1, 0.15) is 32.1 Å². The normalized spacial score (nSPS) is 22.6. The maximum Gasteiger partial charge on any atom is 0.317 e. The van der Waals surface area contributed by atoms with Crippen molar-refractivity contribution in [2.75, 3.05) is 39.3 Å². The number of carbonyl (C=O) groups is 2. The molecular weight excluding hydrogens is 258 g/mol. The number of carboxylic acids is 1. The van der Waals surface area contributed by atoms with Crippen LogP contribution in [0.15, 0.2) is 0 Å². The van der Waals surface area contributed by atoms with Gasteiger partial charge in [0.2, 0.25) is 5.91 Å². The standard InChI is InChI=1S/C14H25N3O3/c18-13(15-12-4-1-2-5-12)10-16-6-3-7-17(9-8-16)11-14(19)20/h12H,1-11H2,(H,15,18)(H,19,20). The fourth-order valence-electron chi connectivity index (χ4n) is 3.08. The summed E-state index contributed by atoms with van der Waals surface area (Å²) in [7, 11) is 0. The summed E-state index contributed by atoms with van der Waals surface area (Å²) in [6.45, 7) is 3.70. The molecule has 0 aromatic carbocycles. The lowest BCUT2D eigenvalue weighted by atomic mass is 10.2. The zero-order valence-corrected chi connectivity index (χ0v) is 12.0. The SMILES string of the molecule is O=C(O)CN1CCCN(CC(=O)NC2CCCC2)CC1. The van der Waals surface area contributed by atoms with E-state index in [0.29, 0.717) is 12.6 Å². The average Bonchev–Trinajstić information content (AvgIpc) is 2.78. The quantitative estimate of drug-likeness (QED) is 0.751. The highest BCUT2D eigenvalue weighted by atomic mass is 16.4. The third kappa shape index (κ3) is 5.09. The van der Waals surface area contributed by atoms with E-state index < -0.39 is 5.97 Å². The summed E-state index contributed by atoms with van der Waals surface area (Å²) in [6.07, 6.45) is 5.58. The minimum Gasteiger partial charge on any atom is -0.480 e. The first-order valence-electron chi connectivity index (χ1n) is 7.59. The van der Waals surface area contributed by atoms with Crippen LogP contribution in [0.2, 0.25) is 0 Å². The lowest BCUT2D eigenvalue weighted by Gasteiger charge is -2.21. The van der Waals surface area contributed by atoms with Gasteiger partial charge in [-0.2, -0.15) is 0 Å². The fraction of sp³-hybridized carbons (Fsp3) is 0.857. The second-order valence-electron chi connectivity index (χ2n) is 5.85. The molecule has 1 saturated carbocycles. The molecule has 20 heavy (non-hydrogen) atoms. The van der Waals surface area contributed by atoms with Crippen molar-refractivity contribution in [3.63, 3.8) is 0 Å². The average molecular weight is 283 g/mol. The van der Waals surface area contributed by atoms with Crippen molar-refractivity contribution >= 4 is 11.9 Å². The zero-order chi connectivity index (χ0) is 14.4. The Hall–Kier alpha value is -1.14. The summed E-state index contributed by atoms with van der Waals surface area (Å²) in [5.74, 6) is -0.666. The van der Waals surface area contributed by atoms with Crippen LogP contribution in [0.3, 0.4) is 0 Å². The highest BCUT2D eigenvalue weighted by Crippen LogP contribution is 2.17. The van der Waals surface area contributed by atoms with Crippen molar-refractivity contribution in [1.29, 1.82) is 0 Å². The van der Waals surface area contributed by atoms with Gasteiger partial charge in [-0.3, -0.25) is 19.4 Å². The Morgan fingerprint density at radius 2 is 1.55 bits per heavy atom. The number of rotatable bonds is 5. The van der Waals surface area contributed by atoms with Crippen LogP contribution in [0, 0.1) is 0 Å². The largest absolute Gasteiger partial charge is 0.480 e. The van der Waals surface area contributed by atoms with Gasteiger partial charge in [-0.05, 0) is 25.8 Å². The molecule has 1 aliphatic carbocycles. The lowest BCUT2D eigenvalue weighted by Crippen LogP contribution is -2.42. The third-order valence-electron chi connectivity index (χ3n) is 4.13. The lowest BCUT2D eigenvalue weighted by molar-refractivity contribution is -0.138. The number of aliphatic carboxylic acids is 1. The number of carbonyl (C=O) groups excluding carboxylic acids is 1.